The predicted octanol–water partition coefficient (Wildman–Crippen LogP) is 2.48. The van der Waals surface area contributed by atoms with Gasteiger partial charge in [0.25, 0.3) is 0 Å². The number of hydrogen-bond donors (Lipinski definition) is 1. The van der Waals surface area contributed by atoms with Crippen LogP contribution in [-0.4, -0.2) is 35.9 Å². The quantitative estimate of drug-likeness (QED) is 0.714. The SMILES string of the molecule is Cc1nn(-c2ccccc2)c(OCC(=O)O)c1S(=O)(=O)c1ccccc1. The van der Waals surface area contributed by atoms with Crippen LogP contribution >= 0.6 is 0 Å². The summed E-state index contributed by atoms with van der Waals surface area (Å²) in [6.45, 7) is 0.859. The number of para-hydroxylation sites is 1. The summed E-state index contributed by atoms with van der Waals surface area (Å²) in [6, 6.07) is 16.6. The standard InChI is InChI=1S/C18H16N2O5S/c1-13-17(26(23,24)15-10-6-3-7-11-15)18(25-12-16(21)22)20(19-13)14-8-4-2-5-9-14/h2-11H,12H2,1H3,(H,21,22). The number of sulfone groups is 1. The van der Waals surface area contributed by atoms with Gasteiger partial charge >= 0.3 is 5.97 Å². The molecule has 3 aromatic rings. The molecule has 0 unspecified atom stereocenters. The highest BCUT2D eigenvalue weighted by Gasteiger charge is 2.30. The van der Waals surface area contributed by atoms with Crippen LogP contribution in [0.15, 0.2) is 70.5 Å². The molecule has 0 bridgehead atoms. The first-order valence-corrected chi connectivity index (χ1v) is 9.19. The smallest absolute Gasteiger partial charge is 0.341 e. The van der Waals surface area contributed by atoms with Gasteiger partial charge < -0.3 is 9.84 Å². The lowest BCUT2D eigenvalue weighted by molar-refractivity contribution is -0.139. The normalized spacial score (nSPS) is 11.3. The fourth-order valence-electron chi connectivity index (χ4n) is 2.52. The van der Waals surface area contributed by atoms with E-state index in [2.05, 4.69) is 5.10 Å². The van der Waals surface area contributed by atoms with E-state index in [-0.39, 0.29) is 21.4 Å². The minimum absolute atomic E-state index is 0.0795. The van der Waals surface area contributed by atoms with Gasteiger partial charge in [0.2, 0.25) is 15.7 Å². The van der Waals surface area contributed by atoms with Crippen molar-refractivity contribution in [3.63, 3.8) is 0 Å². The number of nitrogens with zero attached hydrogens (tertiary/aromatic N) is 2. The molecule has 0 saturated carbocycles. The molecule has 0 amide bonds. The van der Waals surface area contributed by atoms with Gasteiger partial charge in [-0.1, -0.05) is 36.4 Å². The number of aromatic nitrogens is 2. The number of aryl methyl sites for hydroxylation is 1. The molecule has 0 atom stereocenters. The van der Waals surface area contributed by atoms with Gasteiger partial charge in [0.1, 0.15) is 0 Å². The second-order valence-corrected chi connectivity index (χ2v) is 7.35. The van der Waals surface area contributed by atoms with Crippen molar-refractivity contribution < 1.29 is 23.1 Å². The maximum absolute atomic E-state index is 13.1. The number of rotatable bonds is 6. The second-order valence-electron chi connectivity index (χ2n) is 5.47. The summed E-state index contributed by atoms with van der Waals surface area (Å²) in [5.41, 5.74) is 0.781. The Bertz CT molecular complexity index is 1030. The van der Waals surface area contributed by atoms with Gasteiger partial charge in [0.05, 0.1) is 16.3 Å². The van der Waals surface area contributed by atoms with Gasteiger partial charge in [-0.05, 0) is 31.2 Å². The maximum Gasteiger partial charge on any atom is 0.341 e. The van der Waals surface area contributed by atoms with E-state index in [1.807, 2.05) is 0 Å². The lowest BCUT2D eigenvalue weighted by Gasteiger charge is -2.10. The number of benzene rings is 2. The Morgan fingerprint density at radius 3 is 2.23 bits per heavy atom. The topological polar surface area (TPSA) is 98.5 Å². The van der Waals surface area contributed by atoms with Crippen LogP contribution in [0, 0.1) is 6.92 Å². The van der Waals surface area contributed by atoms with Crippen molar-refractivity contribution >= 4 is 15.8 Å². The van der Waals surface area contributed by atoms with Crippen molar-refractivity contribution in [2.75, 3.05) is 6.61 Å². The first-order valence-electron chi connectivity index (χ1n) is 7.71. The Labute approximate surface area is 150 Å². The highest BCUT2D eigenvalue weighted by atomic mass is 32.2. The zero-order chi connectivity index (χ0) is 18.7. The number of hydrogen-bond acceptors (Lipinski definition) is 5. The van der Waals surface area contributed by atoms with Crippen LogP contribution in [0.5, 0.6) is 5.88 Å². The Hall–Kier alpha value is -3.13. The van der Waals surface area contributed by atoms with Crippen LogP contribution in [0.2, 0.25) is 0 Å². The molecule has 3 rings (SSSR count). The van der Waals surface area contributed by atoms with Crippen LogP contribution < -0.4 is 4.74 Å². The first-order chi connectivity index (χ1) is 12.4. The third kappa shape index (κ3) is 3.31. The molecule has 0 aliphatic carbocycles. The van der Waals surface area contributed by atoms with E-state index in [9.17, 15) is 13.2 Å². The van der Waals surface area contributed by atoms with Gasteiger partial charge in [-0.2, -0.15) is 9.78 Å². The summed E-state index contributed by atoms with van der Waals surface area (Å²) in [7, 11) is -3.94. The van der Waals surface area contributed by atoms with E-state index in [0.717, 1.165) is 0 Å². The minimum Gasteiger partial charge on any atom is -0.479 e. The lowest BCUT2D eigenvalue weighted by atomic mass is 10.3. The highest BCUT2D eigenvalue weighted by Crippen LogP contribution is 2.34. The van der Waals surface area contributed by atoms with E-state index in [0.29, 0.717) is 5.69 Å². The Balaban J connectivity index is 2.22. The molecule has 0 fully saturated rings. The molecule has 0 spiro atoms. The largest absolute Gasteiger partial charge is 0.479 e. The minimum atomic E-state index is -3.94. The summed E-state index contributed by atoms with van der Waals surface area (Å²) in [5.74, 6) is -1.34. The average Bonchev–Trinajstić information content (AvgIpc) is 2.98. The molecule has 0 aliphatic rings. The molecule has 2 aromatic carbocycles. The Morgan fingerprint density at radius 1 is 1.08 bits per heavy atom. The average molecular weight is 372 g/mol. The van der Waals surface area contributed by atoms with Gasteiger partial charge in [-0.15, -0.1) is 0 Å². The fraction of sp³-hybridized carbons (Fsp3) is 0.111. The third-order valence-corrected chi connectivity index (χ3v) is 5.52. The summed E-state index contributed by atoms with van der Waals surface area (Å²) in [4.78, 5) is 10.9. The Morgan fingerprint density at radius 2 is 1.65 bits per heavy atom. The van der Waals surface area contributed by atoms with Crippen LogP contribution in [0.4, 0.5) is 0 Å². The number of carboxylic acids is 1. The molecule has 0 aliphatic heterocycles. The van der Waals surface area contributed by atoms with E-state index >= 15 is 0 Å². The van der Waals surface area contributed by atoms with E-state index in [4.69, 9.17) is 9.84 Å². The predicted molar refractivity (Wildman–Crippen MR) is 93.3 cm³/mol. The van der Waals surface area contributed by atoms with Crippen molar-refractivity contribution in [2.45, 2.75) is 16.7 Å². The zero-order valence-electron chi connectivity index (χ0n) is 13.9. The number of carbonyl (C=O) groups is 1. The molecule has 134 valence electrons. The van der Waals surface area contributed by atoms with Gasteiger partial charge in [0, 0.05) is 0 Å². The van der Waals surface area contributed by atoms with Crippen LogP contribution in [0.25, 0.3) is 5.69 Å². The van der Waals surface area contributed by atoms with Crippen molar-refractivity contribution in [2.24, 2.45) is 0 Å². The summed E-state index contributed by atoms with van der Waals surface area (Å²) in [5, 5.41) is 13.2. The van der Waals surface area contributed by atoms with E-state index in [1.165, 1.54) is 16.8 Å². The summed E-state index contributed by atoms with van der Waals surface area (Å²) >= 11 is 0. The van der Waals surface area contributed by atoms with Crippen LogP contribution in [0.1, 0.15) is 5.69 Å². The molecule has 7 nitrogen and oxygen atoms in total. The third-order valence-electron chi connectivity index (χ3n) is 3.62. The fourth-order valence-corrected chi connectivity index (χ4v) is 4.08. The molecular weight excluding hydrogens is 356 g/mol. The van der Waals surface area contributed by atoms with Crippen molar-refractivity contribution in [1.29, 1.82) is 0 Å². The second kappa shape index (κ2) is 7.01. The number of carboxylic acid groups (broad SMARTS) is 1. The summed E-state index contributed by atoms with van der Waals surface area (Å²) in [6.07, 6.45) is 0. The molecule has 1 N–H and O–H groups in total. The Kier molecular flexibility index (Phi) is 4.77. The van der Waals surface area contributed by atoms with Crippen molar-refractivity contribution in [3.8, 4) is 11.6 Å². The molecule has 1 heterocycles. The van der Waals surface area contributed by atoms with Crippen molar-refractivity contribution in [3.05, 3.63) is 66.4 Å². The molecule has 26 heavy (non-hydrogen) atoms. The summed E-state index contributed by atoms with van der Waals surface area (Å²) < 4.78 is 32.8. The van der Waals surface area contributed by atoms with Crippen LogP contribution in [-0.2, 0) is 14.6 Å². The first kappa shape index (κ1) is 17.7. The lowest BCUT2D eigenvalue weighted by Crippen LogP contribution is -2.14. The van der Waals surface area contributed by atoms with Gasteiger partial charge in [0.15, 0.2) is 11.5 Å². The van der Waals surface area contributed by atoms with Gasteiger partial charge in [-0.25, -0.2) is 13.2 Å². The molecular formula is C18H16N2O5S. The number of ether oxygens (including phenoxy) is 1. The number of aliphatic carboxylic acids is 1. The monoisotopic (exact) mass is 372 g/mol. The molecule has 1 aromatic heterocycles. The molecule has 8 heteroatoms. The maximum atomic E-state index is 13.1. The van der Waals surface area contributed by atoms with Crippen LogP contribution in [0.3, 0.4) is 0 Å². The molecule has 0 saturated heterocycles. The van der Waals surface area contributed by atoms with Gasteiger partial charge in [-0.3, -0.25) is 0 Å². The van der Waals surface area contributed by atoms with Crippen molar-refractivity contribution in [1.82, 2.24) is 9.78 Å². The highest BCUT2D eigenvalue weighted by molar-refractivity contribution is 7.91. The zero-order valence-corrected chi connectivity index (χ0v) is 14.7. The van der Waals surface area contributed by atoms with E-state index in [1.54, 1.807) is 55.5 Å². The van der Waals surface area contributed by atoms with E-state index < -0.39 is 22.4 Å². The molecule has 0 radical (unpaired) electrons.